The summed E-state index contributed by atoms with van der Waals surface area (Å²) >= 11 is 0. The fourth-order valence-corrected chi connectivity index (χ4v) is 3.08. The first-order valence-electron chi connectivity index (χ1n) is 6.79. The molecule has 2 heteroatoms. The molecule has 2 aliphatic heterocycles. The van der Waals surface area contributed by atoms with Crippen LogP contribution in [-0.4, -0.2) is 19.8 Å². The Balaban J connectivity index is 1.74. The van der Waals surface area contributed by atoms with Crippen LogP contribution < -0.4 is 0 Å². The highest BCUT2D eigenvalue weighted by Crippen LogP contribution is 2.40. The molecule has 0 bridgehead atoms. The molecule has 4 rings (SSSR count). The molecule has 2 aromatic rings. The van der Waals surface area contributed by atoms with Gasteiger partial charge in [-0.15, -0.1) is 0 Å². The fraction of sp³-hybridized carbons (Fsp3) is 0.294. The summed E-state index contributed by atoms with van der Waals surface area (Å²) in [6, 6.07) is 15.1. The predicted octanol–water partition coefficient (Wildman–Crippen LogP) is 3.48. The summed E-state index contributed by atoms with van der Waals surface area (Å²) in [5, 5.41) is 2.55. The van der Waals surface area contributed by atoms with Gasteiger partial charge in [0.1, 0.15) is 0 Å². The summed E-state index contributed by atoms with van der Waals surface area (Å²) in [4.78, 5) is 0. The molecule has 2 aromatic carbocycles. The van der Waals surface area contributed by atoms with Gasteiger partial charge in [-0.2, -0.15) is 0 Å². The topological polar surface area (TPSA) is 18.5 Å². The Labute approximate surface area is 112 Å². The summed E-state index contributed by atoms with van der Waals surface area (Å²) in [7, 11) is 0. The van der Waals surface area contributed by atoms with Crippen molar-refractivity contribution in [2.24, 2.45) is 5.92 Å². The number of ether oxygens (including phenoxy) is 2. The monoisotopic (exact) mass is 252 g/mol. The maximum absolute atomic E-state index is 5.99. The van der Waals surface area contributed by atoms with E-state index in [1.165, 1.54) is 21.9 Å². The van der Waals surface area contributed by atoms with Crippen molar-refractivity contribution in [3.05, 3.63) is 59.7 Å². The lowest BCUT2D eigenvalue weighted by molar-refractivity contribution is 0.0497. The van der Waals surface area contributed by atoms with Crippen LogP contribution in [0.3, 0.4) is 0 Å². The van der Waals surface area contributed by atoms with Crippen molar-refractivity contribution >= 4 is 10.8 Å². The first-order chi connectivity index (χ1) is 9.42. The maximum Gasteiger partial charge on any atom is 0.0917 e. The number of hydrogen-bond acceptors (Lipinski definition) is 2. The predicted molar refractivity (Wildman–Crippen MR) is 75.0 cm³/mol. The minimum atomic E-state index is 0.149. The van der Waals surface area contributed by atoms with Gasteiger partial charge in [-0.05, 0) is 28.0 Å². The number of hydrogen-bond donors (Lipinski definition) is 0. The molecule has 2 heterocycles. The van der Waals surface area contributed by atoms with Crippen LogP contribution in [0.1, 0.15) is 11.7 Å². The van der Waals surface area contributed by atoms with Crippen LogP contribution in [0.15, 0.2) is 54.1 Å². The van der Waals surface area contributed by atoms with Crippen molar-refractivity contribution in [2.75, 3.05) is 19.8 Å². The Kier molecular flexibility index (Phi) is 2.64. The summed E-state index contributed by atoms with van der Waals surface area (Å²) in [5.74, 6) is 0.398. The van der Waals surface area contributed by atoms with E-state index in [1.54, 1.807) is 0 Å². The highest BCUT2D eigenvalue weighted by Gasteiger charge is 2.35. The molecular formula is C17H16O2. The van der Waals surface area contributed by atoms with Gasteiger partial charge in [0.05, 0.1) is 25.9 Å². The molecule has 0 spiro atoms. The Hall–Kier alpha value is -1.64. The third-order valence-corrected chi connectivity index (χ3v) is 4.13. The molecule has 2 atom stereocenters. The van der Waals surface area contributed by atoms with E-state index >= 15 is 0 Å². The largest absolute Gasteiger partial charge is 0.377 e. The van der Waals surface area contributed by atoms with Gasteiger partial charge in [0.15, 0.2) is 0 Å². The number of benzene rings is 2. The van der Waals surface area contributed by atoms with E-state index in [1.807, 2.05) is 0 Å². The average Bonchev–Trinajstić information content (AvgIpc) is 2.91. The molecule has 0 aliphatic carbocycles. The molecule has 2 nitrogen and oxygen atoms in total. The van der Waals surface area contributed by atoms with Gasteiger partial charge in [0, 0.05) is 5.92 Å². The van der Waals surface area contributed by atoms with Crippen LogP contribution in [0.25, 0.3) is 10.8 Å². The van der Waals surface area contributed by atoms with E-state index in [4.69, 9.17) is 9.47 Å². The lowest BCUT2D eigenvalue weighted by atomic mass is 9.90. The second kappa shape index (κ2) is 4.48. The van der Waals surface area contributed by atoms with E-state index in [9.17, 15) is 0 Å². The molecule has 0 saturated carbocycles. The molecule has 0 unspecified atom stereocenters. The van der Waals surface area contributed by atoms with Crippen LogP contribution in [0.5, 0.6) is 0 Å². The molecule has 0 aromatic heterocycles. The molecule has 19 heavy (non-hydrogen) atoms. The van der Waals surface area contributed by atoms with E-state index in [2.05, 4.69) is 48.5 Å². The first kappa shape index (κ1) is 11.2. The smallest absolute Gasteiger partial charge is 0.0917 e. The van der Waals surface area contributed by atoms with Crippen LogP contribution in [0.2, 0.25) is 0 Å². The Morgan fingerprint density at radius 1 is 1.00 bits per heavy atom. The van der Waals surface area contributed by atoms with Gasteiger partial charge < -0.3 is 9.47 Å². The van der Waals surface area contributed by atoms with Crippen LogP contribution in [-0.2, 0) is 9.47 Å². The minimum absolute atomic E-state index is 0.149. The van der Waals surface area contributed by atoms with Crippen molar-refractivity contribution in [1.82, 2.24) is 0 Å². The zero-order chi connectivity index (χ0) is 12.7. The van der Waals surface area contributed by atoms with Gasteiger partial charge in [-0.1, -0.05) is 42.5 Å². The standard InChI is InChI=1S/C17H16O2/c1-2-4-13-9-14(6-5-12(13)3-1)17-16-11-18-8-7-15(16)10-19-17/h1-7,9,16-17H,8,10-11H2/t16-,17+/m1/s1. The van der Waals surface area contributed by atoms with Gasteiger partial charge in [-0.25, -0.2) is 0 Å². The first-order valence-corrected chi connectivity index (χ1v) is 6.79. The maximum atomic E-state index is 5.99. The second-order valence-corrected chi connectivity index (χ2v) is 5.26. The van der Waals surface area contributed by atoms with E-state index in [0.717, 1.165) is 19.8 Å². The minimum Gasteiger partial charge on any atom is -0.377 e. The average molecular weight is 252 g/mol. The zero-order valence-corrected chi connectivity index (χ0v) is 10.7. The molecular weight excluding hydrogens is 236 g/mol. The van der Waals surface area contributed by atoms with Crippen LogP contribution >= 0.6 is 0 Å². The molecule has 0 N–H and O–H groups in total. The summed E-state index contributed by atoms with van der Waals surface area (Å²) in [6.07, 6.45) is 2.33. The Bertz CT molecular complexity index is 645. The van der Waals surface area contributed by atoms with Crippen molar-refractivity contribution in [2.45, 2.75) is 6.10 Å². The summed E-state index contributed by atoms with van der Waals surface area (Å²) in [5.41, 5.74) is 2.67. The highest BCUT2D eigenvalue weighted by atomic mass is 16.5. The van der Waals surface area contributed by atoms with Crippen LogP contribution in [0, 0.1) is 5.92 Å². The lowest BCUT2D eigenvalue weighted by Crippen LogP contribution is -2.19. The quantitative estimate of drug-likeness (QED) is 0.723. The molecule has 0 radical (unpaired) electrons. The van der Waals surface area contributed by atoms with Gasteiger partial charge in [-0.3, -0.25) is 0 Å². The van der Waals surface area contributed by atoms with Gasteiger partial charge in [0.25, 0.3) is 0 Å². The lowest BCUT2D eigenvalue weighted by Gasteiger charge is -2.22. The van der Waals surface area contributed by atoms with Crippen LogP contribution in [0.4, 0.5) is 0 Å². The fourth-order valence-electron chi connectivity index (χ4n) is 3.08. The zero-order valence-electron chi connectivity index (χ0n) is 10.7. The molecule has 1 fully saturated rings. The van der Waals surface area contributed by atoms with Crippen molar-refractivity contribution in [3.63, 3.8) is 0 Å². The molecule has 96 valence electrons. The SMILES string of the molecule is C1=C2CO[C@@H](c3ccc4ccccc4c3)[C@@H]2COC1. The van der Waals surface area contributed by atoms with Crippen molar-refractivity contribution in [3.8, 4) is 0 Å². The third-order valence-electron chi connectivity index (χ3n) is 4.13. The molecule has 2 aliphatic rings. The van der Waals surface area contributed by atoms with E-state index in [0.29, 0.717) is 5.92 Å². The highest BCUT2D eigenvalue weighted by molar-refractivity contribution is 5.83. The van der Waals surface area contributed by atoms with Gasteiger partial charge >= 0.3 is 0 Å². The summed E-state index contributed by atoms with van der Waals surface area (Å²) in [6.45, 7) is 2.27. The van der Waals surface area contributed by atoms with Gasteiger partial charge in [0.2, 0.25) is 0 Å². The van der Waals surface area contributed by atoms with E-state index < -0.39 is 0 Å². The normalized spacial score (nSPS) is 26.2. The molecule has 1 saturated heterocycles. The second-order valence-electron chi connectivity index (χ2n) is 5.26. The molecule has 0 amide bonds. The number of rotatable bonds is 1. The Morgan fingerprint density at radius 3 is 2.84 bits per heavy atom. The van der Waals surface area contributed by atoms with Crippen molar-refractivity contribution in [1.29, 1.82) is 0 Å². The Morgan fingerprint density at radius 2 is 1.89 bits per heavy atom. The van der Waals surface area contributed by atoms with E-state index in [-0.39, 0.29) is 6.10 Å². The van der Waals surface area contributed by atoms with Crippen molar-refractivity contribution < 1.29 is 9.47 Å². The summed E-state index contributed by atoms with van der Waals surface area (Å²) < 4.78 is 11.6. The number of fused-ring (bicyclic) bond motifs is 2. The third kappa shape index (κ3) is 1.88.